The molecule has 20 heavy (non-hydrogen) atoms. The topological polar surface area (TPSA) is 17.8 Å². The van der Waals surface area contributed by atoms with Gasteiger partial charge in [-0.15, -0.1) is 11.6 Å². The van der Waals surface area contributed by atoms with Crippen molar-refractivity contribution in [2.75, 3.05) is 0 Å². The molecule has 0 radical (unpaired) electrons. The Kier molecular flexibility index (Phi) is 4.13. The summed E-state index contributed by atoms with van der Waals surface area (Å²) in [5.41, 5.74) is 2.81. The molecule has 6 heteroatoms. The number of alkyl halides is 1. The first-order valence-electron chi connectivity index (χ1n) is 5.78. The Morgan fingerprint density at radius 2 is 1.75 bits per heavy atom. The average molecular weight is 437 g/mol. The first-order chi connectivity index (χ1) is 9.60. The first-order valence-corrected chi connectivity index (χ1v) is 8.15. The normalized spacial score (nSPS) is 11.2. The smallest absolute Gasteiger partial charge is 0.129 e. The van der Waals surface area contributed by atoms with Gasteiger partial charge in [-0.3, -0.25) is 4.57 Å². The predicted molar refractivity (Wildman–Crippen MR) is 93.4 cm³/mol. The molecule has 0 saturated heterocycles. The number of benzene rings is 2. The Labute approximate surface area is 144 Å². The molecule has 3 rings (SSSR count). The maximum Gasteiger partial charge on any atom is 0.129 e. The van der Waals surface area contributed by atoms with Crippen LogP contribution in [-0.4, -0.2) is 9.55 Å². The number of imidazole rings is 1. The quantitative estimate of drug-likeness (QED) is 0.373. The van der Waals surface area contributed by atoms with E-state index in [1.807, 2.05) is 41.0 Å². The highest BCUT2D eigenvalue weighted by Gasteiger charge is 2.14. The molecule has 2 nitrogen and oxygen atoms in total. The van der Waals surface area contributed by atoms with Crippen LogP contribution in [-0.2, 0) is 5.88 Å². The number of rotatable bonds is 2. The largest absolute Gasteiger partial charge is 0.294 e. The number of fused-ring (bicyclic) bond motifs is 1. The molecule has 0 unspecified atom stereocenters. The summed E-state index contributed by atoms with van der Waals surface area (Å²) in [5.74, 6) is 1.11. The van der Waals surface area contributed by atoms with Crippen LogP contribution in [0.3, 0.4) is 0 Å². The molecule has 3 aromatic rings. The van der Waals surface area contributed by atoms with Gasteiger partial charge >= 0.3 is 0 Å². The lowest BCUT2D eigenvalue weighted by Crippen LogP contribution is -2.01. The first kappa shape index (κ1) is 14.4. The lowest BCUT2D eigenvalue weighted by atomic mass is 10.2. The molecular weight excluding hydrogens is 429 g/mol. The van der Waals surface area contributed by atoms with Gasteiger partial charge in [0.25, 0.3) is 0 Å². The maximum atomic E-state index is 6.10. The minimum Gasteiger partial charge on any atom is -0.294 e. The van der Waals surface area contributed by atoms with Crippen molar-refractivity contribution in [2.24, 2.45) is 0 Å². The molecule has 0 fully saturated rings. The van der Waals surface area contributed by atoms with Crippen molar-refractivity contribution in [2.45, 2.75) is 5.88 Å². The third-order valence-corrected chi connectivity index (χ3v) is 4.53. The van der Waals surface area contributed by atoms with Crippen LogP contribution < -0.4 is 0 Å². The molecule has 0 atom stereocenters. The highest BCUT2D eigenvalue weighted by molar-refractivity contribution is 14.1. The SMILES string of the molecule is ClCc1nc2ccc(Cl)cc2n1-c1ccc(Cl)cc1I. The van der Waals surface area contributed by atoms with E-state index in [2.05, 4.69) is 27.6 Å². The monoisotopic (exact) mass is 436 g/mol. The van der Waals surface area contributed by atoms with Gasteiger partial charge in [0.2, 0.25) is 0 Å². The summed E-state index contributed by atoms with van der Waals surface area (Å²) in [5, 5.41) is 1.37. The van der Waals surface area contributed by atoms with Gasteiger partial charge in [0.05, 0.1) is 22.6 Å². The van der Waals surface area contributed by atoms with Gasteiger partial charge in [-0.05, 0) is 59.0 Å². The van der Waals surface area contributed by atoms with E-state index in [1.165, 1.54) is 0 Å². The molecule has 0 aliphatic rings. The second-order valence-electron chi connectivity index (χ2n) is 4.23. The van der Waals surface area contributed by atoms with E-state index >= 15 is 0 Å². The summed E-state index contributed by atoms with van der Waals surface area (Å²) >= 11 is 20.4. The fourth-order valence-electron chi connectivity index (χ4n) is 2.12. The zero-order valence-corrected chi connectivity index (χ0v) is 14.5. The van der Waals surface area contributed by atoms with Crippen molar-refractivity contribution in [1.29, 1.82) is 0 Å². The Bertz CT molecular complexity index is 798. The van der Waals surface area contributed by atoms with Gasteiger partial charge in [-0.1, -0.05) is 23.2 Å². The average Bonchev–Trinajstić information content (AvgIpc) is 2.76. The van der Waals surface area contributed by atoms with Crippen LogP contribution in [0.4, 0.5) is 0 Å². The van der Waals surface area contributed by atoms with Crippen molar-refractivity contribution in [3.63, 3.8) is 0 Å². The van der Waals surface area contributed by atoms with E-state index in [0.717, 1.165) is 26.1 Å². The van der Waals surface area contributed by atoms with Crippen molar-refractivity contribution in [1.82, 2.24) is 9.55 Å². The summed E-state index contributed by atoms with van der Waals surface area (Å²) in [6.07, 6.45) is 0. The van der Waals surface area contributed by atoms with Gasteiger partial charge in [0.1, 0.15) is 5.82 Å². The highest BCUT2D eigenvalue weighted by atomic mass is 127. The van der Waals surface area contributed by atoms with Crippen molar-refractivity contribution < 1.29 is 0 Å². The Balaban J connectivity index is 2.36. The number of hydrogen-bond acceptors (Lipinski definition) is 1. The third-order valence-electron chi connectivity index (χ3n) is 2.96. The van der Waals surface area contributed by atoms with E-state index in [4.69, 9.17) is 34.8 Å². The van der Waals surface area contributed by atoms with Crippen LogP contribution in [0.5, 0.6) is 0 Å². The van der Waals surface area contributed by atoms with E-state index in [0.29, 0.717) is 15.9 Å². The summed E-state index contributed by atoms with van der Waals surface area (Å²) in [7, 11) is 0. The molecular formula is C14H8Cl3IN2. The standard InChI is InChI=1S/C14H8Cl3IN2/c15-7-14-19-11-3-1-9(17)6-13(11)20(14)12-4-2-8(16)5-10(12)18/h1-6H,7H2. The zero-order valence-electron chi connectivity index (χ0n) is 10.1. The van der Waals surface area contributed by atoms with Gasteiger partial charge in [-0.25, -0.2) is 4.98 Å². The van der Waals surface area contributed by atoms with Crippen LogP contribution in [0, 0.1) is 3.57 Å². The molecule has 1 heterocycles. The zero-order chi connectivity index (χ0) is 14.3. The van der Waals surface area contributed by atoms with Gasteiger partial charge in [0, 0.05) is 13.6 Å². The molecule has 2 aromatic carbocycles. The molecule has 102 valence electrons. The van der Waals surface area contributed by atoms with E-state index in [9.17, 15) is 0 Å². The molecule has 0 N–H and O–H groups in total. The number of nitrogens with zero attached hydrogens (tertiary/aromatic N) is 2. The molecule has 0 spiro atoms. The third kappa shape index (κ3) is 2.52. The summed E-state index contributed by atoms with van der Waals surface area (Å²) in [4.78, 5) is 4.55. The molecule has 0 amide bonds. The Hall–Kier alpha value is -0.490. The minimum absolute atomic E-state index is 0.324. The highest BCUT2D eigenvalue weighted by Crippen LogP contribution is 2.29. The molecule has 1 aromatic heterocycles. The van der Waals surface area contributed by atoms with Crippen molar-refractivity contribution in [3.8, 4) is 5.69 Å². The Morgan fingerprint density at radius 3 is 2.45 bits per heavy atom. The molecule has 0 saturated carbocycles. The van der Waals surface area contributed by atoms with Crippen LogP contribution in [0.1, 0.15) is 5.82 Å². The number of aromatic nitrogens is 2. The van der Waals surface area contributed by atoms with E-state index in [1.54, 1.807) is 0 Å². The summed E-state index contributed by atoms with van der Waals surface area (Å²) < 4.78 is 3.05. The molecule has 0 bridgehead atoms. The molecule has 0 aliphatic carbocycles. The van der Waals surface area contributed by atoms with Gasteiger partial charge in [-0.2, -0.15) is 0 Å². The van der Waals surface area contributed by atoms with Gasteiger partial charge < -0.3 is 0 Å². The van der Waals surface area contributed by atoms with Crippen LogP contribution >= 0.6 is 57.4 Å². The lowest BCUT2D eigenvalue weighted by Gasteiger charge is -2.10. The Morgan fingerprint density at radius 1 is 1.05 bits per heavy atom. The second kappa shape index (κ2) is 5.72. The minimum atomic E-state index is 0.324. The summed E-state index contributed by atoms with van der Waals surface area (Å²) in [6, 6.07) is 11.3. The second-order valence-corrected chi connectivity index (χ2v) is 6.53. The lowest BCUT2D eigenvalue weighted by molar-refractivity contribution is 0.977. The fourth-order valence-corrected chi connectivity index (χ4v) is 3.58. The van der Waals surface area contributed by atoms with Gasteiger partial charge in [0.15, 0.2) is 0 Å². The van der Waals surface area contributed by atoms with Crippen LogP contribution in [0.2, 0.25) is 10.0 Å². The van der Waals surface area contributed by atoms with Crippen LogP contribution in [0.25, 0.3) is 16.7 Å². The fraction of sp³-hybridized carbons (Fsp3) is 0.0714. The van der Waals surface area contributed by atoms with E-state index in [-0.39, 0.29) is 0 Å². The molecule has 0 aliphatic heterocycles. The van der Waals surface area contributed by atoms with Crippen molar-refractivity contribution in [3.05, 3.63) is 55.8 Å². The maximum absolute atomic E-state index is 6.10. The predicted octanol–water partition coefficient (Wildman–Crippen LogP) is 5.68. The van der Waals surface area contributed by atoms with E-state index < -0.39 is 0 Å². The number of hydrogen-bond donors (Lipinski definition) is 0. The van der Waals surface area contributed by atoms with Crippen molar-refractivity contribution >= 4 is 68.4 Å². The van der Waals surface area contributed by atoms with Crippen LogP contribution in [0.15, 0.2) is 36.4 Å². The summed E-state index contributed by atoms with van der Waals surface area (Å²) in [6.45, 7) is 0. The number of halogens is 4.